The summed E-state index contributed by atoms with van der Waals surface area (Å²) in [6.07, 6.45) is 3.51. The number of fused-ring (bicyclic) bond motifs is 2. The zero-order valence-corrected chi connectivity index (χ0v) is 24.8. The molecule has 2 amide bonds. The van der Waals surface area contributed by atoms with Crippen LogP contribution < -0.4 is 45.7 Å². The van der Waals surface area contributed by atoms with E-state index in [1.165, 1.54) is 28.4 Å². The largest absolute Gasteiger partial charge is 1.00 e. The number of pyridine rings is 1. The Morgan fingerprint density at radius 3 is 2.92 bits per heavy atom. The Hall–Kier alpha value is -2.56. The molecule has 0 aliphatic carbocycles. The fourth-order valence-corrected chi connectivity index (χ4v) is 6.97. The van der Waals surface area contributed by atoms with E-state index in [9.17, 15) is 19.5 Å². The maximum Gasteiger partial charge on any atom is 1.00 e. The Bertz CT molecular complexity index is 1460. The molecule has 38 heavy (non-hydrogen) atoms. The topological polar surface area (TPSA) is 167 Å². The fraction of sp³-hybridized carbons (Fsp3) is 0.273. The first kappa shape index (κ1) is 28.4. The molecule has 1 fully saturated rings. The van der Waals surface area contributed by atoms with E-state index in [4.69, 9.17) is 10.6 Å². The summed E-state index contributed by atoms with van der Waals surface area (Å²) in [7, 11) is 0. The molecule has 0 aromatic carbocycles. The van der Waals surface area contributed by atoms with Crippen molar-refractivity contribution in [2.75, 3.05) is 23.8 Å². The van der Waals surface area contributed by atoms with Crippen molar-refractivity contribution in [2.24, 2.45) is 5.16 Å². The Balaban J connectivity index is 0.00000336. The van der Waals surface area contributed by atoms with Gasteiger partial charge in [0.05, 0.1) is 16.7 Å². The molecule has 0 saturated carbocycles. The normalized spacial score (nSPS) is 19.0. The summed E-state index contributed by atoms with van der Waals surface area (Å²) in [5.41, 5.74) is 6.97. The van der Waals surface area contributed by atoms with Gasteiger partial charge >= 0.3 is 29.6 Å². The van der Waals surface area contributed by atoms with Crippen molar-refractivity contribution in [3.8, 4) is 0 Å². The molecule has 3 aromatic rings. The van der Waals surface area contributed by atoms with Crippen LogP contribution in [0.25, 0.3) is 5.65 Å². The maximum atomic E-state index is 13.0. The minimum absolute atomic E-state index is 0. The maximum absolute atomic E-state index is 13.0. The SMILES string of the molecule is CCO/N=C(/C(=O)N[C@@H]1C(=O)N2C(C(=O)[O-])=C(CSc3cccc4nccn34)CS[C@H]12)c1csc(N)n1.[Na+]. The number of β-lactam (4-membered cyclic amide) rings is 1. The number of carboxylic acids is 1. The third-order valence-electron chi connectivity index (χ3n) is 5.58. The summed E-state index contributed by atoms with van der Waals surface area (Å²) in [6.45, 7) is 1.93. The number of anilines is 1. The molecule has 16 heteroatoms. The van der Waals surface area contributed by atoms with Crippen LogP contribution in [0.15, 0.2) is 57.4 Å². The van der Waals surface area contributed by atoms with E-state index in [1.807, 2.05) is 28.8 Å². The van der Waals surface area contributed by atoms with Gasteiger partial charge in [0.15, 0.2) is 10.8 Å². The molecule has 1 saturated heterocycles. The Labute approximate surface area is 251 Å². The first-order valence-corrected chi connectivity index (χ1v) is 14.0. The van der Waals surface area contributed by atoms with Crippen molar-refractivity contribution in [3.05, 3.63) is 52.9 Å². The standard InChI is InChI=1S/C22H21N7O5S3.Na/c1-2-34-27-15(12-10-37-22(23)25-12)18(30)26-16-19(31)29-17(21(32)33)11(9-36-20(16)29)8-35-14-5-3-4-13-24-6-7-28(13)14;/h3-7,10,16,20H,2,8-9H2,1H3,(H2,23,25)(H,26,30)(H,32,33);/q;+1/p-1/b27-15+;/t16-,20-;/m1./s1. The fourth-order valence-electron chi connectivity index (χ4n) is 3.92. The number of rotatable bonds is 9. The third kappa shape index (κ3) is 5.44. The van der Waals surface area contributed by atoms with Gasteiger partial charge in [-0.25, -0.2) is 9.97 Å². The van der Waals surface area contributed by atoms with Crippen LogP contribution >= 0.6 is 34.9 Å². The van der Waals surface area contributed by atoms with E-state index in [0.29, 0.717) is 17.1 Å². The van der Waals surface area contributed by atoms with Crippen molar-refractivity contribution in [1.82, 2.24) is 24.6 Å². The molecule has 3 aromatic heterocycles. The van der Waals surface area contributed by atoms with Gasteiger partial charge in [-0.1, -0.05) is 11.2 Å². The summed E-state index contributed by atoms with van der Waals surface area (Å²) in [6, 6.07) is 4.72. The van der Waals surface area contributed by atoms with Crippen LogP contribution in [-0.2, 0) is 19.2 Å². The van der Waals surface area contributed by atoms with Gasteiger partial charge in [-0.3, -0.25) is 18.9 Å². The Kier molecular flexibility index (Phi) is 9.05. The number of amides is 2. The van der Waals surface area contributed by atoms with Crippen molar-refractivity contribution >= 4 is 69.1 Å². The zero-order valence-electron chi connectivity index (χ0n) is 20.3. The predicted octanol–water partition coefficient (Wildman–Crippen LogP) is -2.69. The molecule has 192 valence electrons. The minimum Gasteiger partial charge on any atom is -0.543 e. The van der Waals surface area contributed by atoms with E-state index in [2.05, 4.69) is 20.4 Å². The van der Waals surface area contributed by atoms with Crippen molar-refractivity contribution in [3.63, 3.8) is 0 Å². The summed E-state index contributed by atoms with van der Waals surface area (Å²) in [4.78, 5) is 52.6. The van der Waals surface area contributed by atoms with Gasteiger partial charge in [0.2, 0.25) is 0 Å². The summed E-state index contributed by atoms with van der Waals surface area (Å²) < 4.78 is 1.90. The molecular weight excluding hydrogens is 561 g/mol. The number of aliphatic carboxylic acids is 1. The number of nitrogens with one attached hydrogen (secondary N) is 1. The number of carbonyl (C=O) groups is 3. The number of thioether (sulfide) groups is 2. The van der Waals surface area contributed by atoms with Crippen LogP contribution in [0.3, 0.4) is 0 Å². The van der Waals surface area contributed by atoms with Crippen LogP contribution in [0.1, 0.15) is 12.6 Å². The average Bonchev–Trinajstić information content (AvgIpc) is 3.54. The van der Waals surface area contributed by atoms with Crippen molar-refractivity contribution in [1.29, 1.82) is 0 Å². The molecule has 2 atom stereocenters. The van der Waals surface area contributed by atoms with Crippen LogP contribution in [0, 0.1) is 0 Å². The van der Waals surface area contributed by atoms with Gasteiger partial charge in [0.1, 0.15) is 29.4 Å². The molecule has 3 N–H and O–H groups in total. The van der Waals surface area contributed by atoms with E-state index in [0.717, 1.165) is 22.0 Å². The van der Waals surface area contributed by atoms with Gasteiger partial charge in [0, 0.05) is 29.3 Å². The van der Waals surface area contributed by atoms with Gasteiger partial charge in [-0.2, -0.15) is 0 Å². The van der Waals surface area contributed by atoms with Gasteiger partial charge < -0.3 is 25.8 Å². The van der Waals surface area contributed by atoms with Crippen LogP contribution in [0.2, 0.25) is 0 Å². The summed E-state index contributed by atoms with van der Waals surface area (Å²) in [5.74, 6) is -1.95. The first-order chi connectivity index (χ1) is 17.9. The molecule has 0 unspecified atom stereocenters. The van der Waals surface area contributed by atoms with E-state index in [-0.39, 0.29) is 58.4 Å². The van der Waals surface area contributed by atoms with Crippen molar-refractivity contribution in [2.45, 2.75) is 23.4 Å². The molecule has 5 rings (SSSR count). The van der Waals surface area contributed by atoms with Gasteiger partial charge in [0.25, 0.3) is 11.8 Å². The van der Waals surface area contributed by atoms with Crippen molar-refractivity contribution < 1.29 is 53.9 Å². The number of nitrogens with zero attached hydrogens (tertiary/aromatic N) is 5. The molecule has 2 aliphatic heterocycles. The quantitative estimate of drug-likeness (QED) is 0.0893. The number of carboxylic acid groups (broad SMARTS) is 1. The second-order valence-corrected chi connectivity index (χ2v) is 10.8. The number of nitrogens with two attached hydrogens (primary N) is 1. The number of imidazole rings is 1. The molecule has 0 bridgehead atoms. The zero-order chi connectivity index (χ0) is 26.1. The molecule has 0 spiro atoms. The van der Waals surface area contributed by atoms with Crippen LogP contribution in [0.4, 0.5) is 5.13 Å². The number of aromatic nitrogens is 3. The number of thiazole rings is 1. The second-order valence-electron chi connectivity index (χ2n) is 7.84. The van der Waals surface area contributed by atoms with Crippen LogP contribution in [-0.4, -0.2) is 72.3 Å². The Morgan fingerprint density at radius 2 is 2.21 bits per heavy atom. The minimum atomic E-state index is -1.43. The smallest absolute Gasteiger partial charge is 0.543 e. The molecule has 5 heterocycles. The number of oxime groups is 1. The molecule has 12 nitrogen and oxygen atoms in total. The number of hydrogen-bond acceptors (Lipinski definition) is 12. The average molecular weight is 582 g/mol. The summed E-state index contributed by atoms with van der Waals surface area (Å²) in [5, 5.41) is 20.7. The number of hydrogen-bond donors (Lipinski definition) is 2. The van der Waals surface area contributed by atoms with Gasteiger partial charge in [-0.15, -0.1) is 34.9 Å². The molecular formula is C22H20N7NaO5S3. The third-order valence-corrected chi connectivity index (χ3v) is 8.71. The van der Waals surface area contributed by atoms with Crippen LogP contribution in [0.5, 0.6) is 0 Å². The monoisotopic (exact) mass is 581 g/mol. The second kappa shape index (κ2) is 12.1. The predicted molar refractivity (Wildman–Crippen MR) is 138 cm³/mol. The van der Waals surface area contributed by atoms with E-state index < -0.39 is 29.2 Å². The molecule has 0 radical (unpaired) electrons. The first-order valence-electron chi connectivity index (χ1n) is 11.0. The number of carbonyl (C=O) groups excluding carboxylic acids is 3. The Morgan fingerprint density at radius 1 is 1.39 bits per heavy atom. The van der Waals surface area contributed by atoms with Gasteiger partial charge in [-0.05, 0) is 24.6 Å². The number of nitrogen functional groups attached to an aromatic ring is 1. The van der Waals surface area contributed by atoms with E-state index in [1.54, 1.807) is 18.5 Å². The summed E-state index contributed by atoms with van der Waals surface area (Å²) >= 11 is 3.95. The van der Waals surface area contributed by atoms with E-state index >= 15 is 0 Å². The molecule has 2 aliphatic rings.